The first-order chi connectivity index (χ1) is 7.15. The van der Waals surface area contributed by atoms with Crippen molar-refractivity contribution in [1.82, 2.24) is 15.1 Å². The van der Waals surface area contributed by atoms with Crippen molar-refractivity contribution in [2.24, 2.45) is 7.05 Å². The van der Waals surface area contributed by atoms with Crippen molar-refractivity contribution >= 4 is 0 Å². The number of hydrogen-bond acceptors (Lipinski definition) is 2. The van der Waals surface area contributed by atoms with E-state index >= 15 is 0 Å². The van der Waals surface area contributed by atoms with Gasteiger partial charge in [0.25, 0.3) is 0 Å². The molecule has 0 spiro atoms. The number of aryl methyl sites for hydroxylation is 1. The van der Waals surface area contributed by atoms with Crippen LogP contribution in [0.2, 0.25) is 0 Å². The fraction of sp³-hybridized carbons (Fsp3) is 0.750. The second kappa shape index (κ2) is 5.91. The molecule has 0 saturated carbocycles. The summed E-state index contributed by atoms with van der Waals surface area (Å²) < 4.78 is 1.92. The minimum absolute atomic E-state index is 0.601. The van der Waals surface area contributed by atoms with Crippen LogP contribution in [0.3, 0.4) is 0 Å². The zero-order valence-corrected chi connectivity index (χ0v) is 10.4. The largest absolute Gasteiger partial charge is 0.310 e. The minimum Gasteiger partial charge on any atom is -0.310 e. The third-order valence-electron chi connectivity index (χ3n) is 2.97. The third kappa shape index (κ3) is 3.67. The highest BCUT2D eigenvalue weighted by atomic mass is 15.3. The lowest BCUT2D eigenvalue weighted by molar-refractivity contribution is 0.494. The summed E-state index contributed by atoms with van der Waals surface area (Å²) >= 11 is 0. The standard InChI is InChI=1S/C12H23N3/c1-5-6-7-10(2)13-8-12-9-14-15(4)11(12)3/h9-10,13H,5-8H2,1-4H3. The Morgan fingerprint density at radius 3 is 2.80 bits per heavy atom. The zero-order valence-electron chi connectivity index (χ0n) is 10.4. The van der Waals surface area contributed by atoms with Crippen molar-refractivity contribution in [1.29, 1.82) is 0 Å². The Morgan fingerprint density at radius 1 is 1.53 bits per heavy atom. The summed E-state index contributed by atoms with van der Waals surface area (Å²) in [6.07, 6.45) is 5.79. The van der Waals surface area contributed by atoms with E-state index in [1.165, 1.54) is 30.5 Å². The van der Waals surface area contributed by atoms with Gasteiger partial charge >= 0.3 is 0 Å². The Morgan fingerprint density at radius 2 is 2.27 bits per heavy atom. The SMILES string of the molecule is CCCCC(C)NCc1cnn(C)c1C. The number of hydrogen-bond donors (Lipinski definition) is 1. The van der Waals surface area contributed by atoms with E-state index in [1.54, 1.807) is 0 Å². The second-order valence-corrected chi connectivity index (χ2v) is 4.30. The Hall–Kier alpha value is -0.830. The Kier molecular flexibility index (Phi) is 4.82. The van der Waals surface area contributed by atoms with Crippen LogP contribution in [0.25, 0.3) is 0 Å². The summed E-state index contributed by atoms with van der Waals surface area (Å²) in [5.74, 6) is 0. The van der Waals surface area contributed by atoms with Crippen LogP contribution in [-0.2, 0) is 13.6 Å². The fourth-order valence-corrected chi connectivity index (χ4v) is 1.61. The van der Waals surface area contributed by atoms with Crippen LogP contribution in [0.1, 0.15) is 44.4 Å². The molecule has 1 heterocycles. The van der Waals surface area contributed by atoms with Gasteiger partial charge in [-0.15, -0.1) is 0 Å². The van der Waals surface area contributed by atoms with Crippen molar-refractivity contribution in [2.75, 3.05) is 0 Å². The van der Waals surface area contributed by atoms with Gasteiger partial charge in [0.1, 0.15) is 0 Å². The highest BCUT2D eigenvalue weighted by molar-refractivity contribution is 5.15. The summed E-state index contributed by atoms with van der Waals surface area (Å²) in [6.45, 7) is 7.53. The van der Waals surface area contributed by atoms with Gasteiger partial charge in [0.2, 0.25) is 0 Å². The molecule has 0 aromatic carbocycles. The van der Waals surface area contributed by atoms with Crippen LogP contribution in [0.5, 0.6) is 0 Å². The van der Waals surface area contributed by atoms with Crippen molar-refractivity contribution in [2.45, 2.75) is 52.6 Å². The predicted octanol–water partition coefficient (Wildman–Crippen LogP) is 2.40. The average Bonchev–Trinajstić information content (AvgIpc) is 2.54. The lowest BCUT2D eigenvalue weighted by Crippen LogP contribution is -2.25. The summed E-state index contributed by atoms with van der Waals surface area (Å²) in [7, 11) is 1.99. The van der Waals surface area contributed by atoms with Gasteiger partial charge < -0.3 is 5.32 Å². The molecule has 1 aromatic heterocycles. The number of unbranched alkanes of at least 4 members (excludes halogenated alkanes) is 1. The number of nitrogens with one attached hydrogen (secondary N) is 1. The lowest BCUT2D eigenvalue weighted by atomic mass is 10.1. The van der Waals surface area contributed by atoms with E-state index in [1.807, 2.05) is 17.9 Å². The molecule has 1 aromatic rings. The highest BCUT2D eigenvalue weighted by Crippen LogP contribution is 2.06. The van der Waals surface area contributed by atoms with E-state index < -0.39 is 0 Å². The van der Waals surface area contributed by atoms with Gasteiger partial charge in [-0.3, -0.25) is 4.68 Å². The molecule has 1 atom stereocenters. The molecule has 0 saturated heterocycles. The Labute approximate surface area is 92.9 Å². The van der Waals surface area contributed by atoms with Crippen molar-refractivity contribution in [3.05, 3.63) is 17.5 Å². The van der Waals surface area contributed by atoms with Gasteiger partial charge in [0.15, 0.2) is 0 Å². The molecule has 0 fully saturated rings. The first-order valence-corrected chi connectivity index (χ1v) is 5.86. The van der Waals surface area contributed by atoms with E-state index in [0.29, 0.717) is 6.04 Å². The van der Waals surface area contributed by atoms with Crippen LogP contribution < -0.4 is 5.32 Å². The number of aromatic nitrogens is 2. The normalized spacial score (nSPS) is 13.1. The highest BCUT2D eigenvalue weighted by Gasteiger charge is 2.05. The first-order valence-electron chi connectivity index (χ1n) is 5.86. The molecule has 15 heavy (non-hydrogen) atoms. The van der Waals surface area contributed by atoms with E-state index in [2.05, 4.69) is 31.2 Å². The summed E-state index contributed by atoms with van der Waals surface area (Å²) in [5, 5.41) is 7.77. The van der Waals surface area contributed by atoms with Crippen LogP contribution >= 0.6 is 0 Å². The van der Waals surface area contributed by atoms with Crippen molar-refractivity contribution in [3.63, 3.8) is 0 Å². The quantitative estimate of drug-likeness (QED) is 0.779. The fourth-order valence-electron chi connectivity index (χ4n) is 1.61. The molecular weight excluding hydrogens is 186 g/mol. The lowest BCUT2D eigenvalue weighted by Gasteiger charge is -2.12. The number of rotatable bonds is 6. The Bertz CT molecular complexity index is 291. The van der Waals surface area contributed by atoms with Crippen LogP contribution in [0.4, 0.5) is 0 Å². The van der Waals surface area contributed by atoms with Crippen LogP contribution in [0.15, 0.2) is 6.20 Å². The molecule has 0 aliphatic rings. The van der Waals surface area contributed by atoms with Crippen molar-refractivity contribution in [3.8, 4) is 0 Å². The Balaban J connectivity index is 2.33. The minimum atomic E-state index is 0.601. The third-order valence-corrected chi connectivity index (χ3v) is 2.97. The molecule has 0 aliphatic heterocycles. The van der Waals surface area contributed by atoms with E-state index in [9.17, 15) is 0 Å². The molecule has 1 N–H and O–H groups in total. The molecule has 3 nitrogen and oxygen atoms in total. The molecule has 3 heteroatoms. The van der Waals surface area contributed by atoms with Crippen LogP contribution in [0, 0.1) is 6.92 Å². The topological polar surface area (TPSA) is 29.9 Å². The van der Waals surface area contributed by atoms with Gasteiger partial charge in [-0.05, 0) is 20.3 Å². The van der Waals surface area contributed by atoms with Gasteiger partial charge in [0, 0.05) is 30.9 Å². The number of nitrogens with zero attached hydrogens (tertiary/aromatic N) is 2. The summed E-state index contributed by atoms with van der Waals surface area (Å²) in [6, 6.07) is 0.601. The molecule has 0 radical (unpaired) electrons. The average molecular weight is 209 g/mol. The van der Waals surface area contributed by atoms with E-state index in [0.717, 1.165) is 6.54 Å². The monoisotopic (exact) mass is 209 g/mol. The summed E-state index contributed by atoms with van der Waals surface area (Å²) in [5.41, 5.74) is 2.56. The molecule has 0 bridgehead atoms. The van der Waals surface area contributed by atoms with Gasteiger partial charge in [-0.25, -0.2) is 0 Å². The maximum Gasteiger partial charge on any atom is 0.0537 e. The second-order valence-electron chi connectivity index (χ2n) is 4.30. The maximum absolute atomic E-state index is 4.23. The maximum atomic E-state index is 4.23. The van der Waals surface area contributed by atoms with Gasteiger partial charge in [-0.2, -0.15) is 5.10 Å². The molecule has 0 aliphatic carbocycles. The molecule has 1 unspecified atom stereocenters. The molecule has 1 rings (SSSR count). The van der Waals surface area contributed by atoms with E-state index in [4.69, 9.17) is 0 Å². The summed E-state index contributed by atoms with van der Waals surface area (Å²) in [4.78, 5) is 0. The van der Waals surface area contributed by atoms with Gasteiger partial charge in [0.05, 0.1) is 6.20 Å². The van der Waals surface area contributed by atoms with Crippen molar-refractivity contribution < 1.29 is 0 Å². The first kappa shape index (κ1) is 12.2. The van der Waals surface area contributed by atoms with Crippen LogP contribution in [-0.4, -0.2) is 15.8 Å². The molecule has 86 valence electrons. The van der Waals surface area contributed by atoms with Gasteiger partial charge in [-0.1, -0.05) is 19.8 Å². The molecule has 0 amide bonds. The smallest absolute Gasteiger partial charge is 0.0537 e. The predicted molar refractivity (Wildman–Crippen MR) is 63.8 cm³/mol. The molecular formula is C12H23N3. The zero-order chi connectivity index (χ0) is 11.3. The van der Waals surface area contributed by atoms with E-state index in [-0.39, 0.29) is 0 Å².